The maximum Gasteiger partial charge on any atom is 0.125 e. The summed E-state index contributed by atoms with van der Waals surface area (Å²) in [6, 6.07) is 6.44. The summed E-state index contributed by atoms with van der Waals surface area (Å²) in [6.07, 6.45) is 4.83. The van der Waals surface area contributed by atoms with E-state index in [1.807, 2.05) is 6.07 Å². The van der Waals surface area contributed by atoms with E-state index in [0.717, 1.165) is 16.5 Å². The fraction of sp³-hybridized carbons (Fsp3) is 0. The number of aromatic nitrogens is 1. The number of H-pyrrole nitrogens is 1. The second kappa shape index (κ2) is 3.35. The van der Waals surface area contributed by atoms with Gasteiger partial charge in [0.05, 0.1) is 6.07 Å². The van der Waals surface area contributed by atoms with E-state index in [9.17, 15) is 4.39 Å². The molecule has 0 atom stereocenters. The number of nitrogens with zero attached hydrogens (tertiary/aromatic N) is 1. The molecular weight excluding hydrogens is 179 g/mol. The quantitative estimate of drug-likeness (QED) is 0.683. The number of nitrogens with one attached hydrogen (secondary N) is 1. The van der Waals surface area contributed by atoms with E-state index in [2.05, 4.69) is 4.98 Å². The number of aromatic amines is 1. The predicted molar refractivity (Wildman–Crippen MR) is 52.9 cm³/mol. The highest BCUT2D eigenvalue weighted by Gasteiger charge is 2.00. The van der Waals surface area contributed by atoms with Crippen LogP contribution in [0.3, 0.4) is 0 Å². The standard InChI is InChI=1S/C11H7FN2/c12-9-3-4-10-8(2-1-5-13)7-14-11(10)6-9/h1-4,6-7,14H/b2-1+. The maximum atomic E-state index is 12.8. The molecule has 0 aliphatic rings. The normalized spacial score (nSPS) is 10.9. The molecule has 3 heteroatoms. The number of fused-ring (bicyclic) bond motifs is 1. The number of hydrogen-bond donors (Lipinski definition) is 1. The highest BCUT2D eigenvalue weighted by Crippen LogP contribution is 2.20. The monoisotopic (exact) mass is 186 g/mol. The third-order valence-electron chi connectivity index (χ3n) is 2.01. The molecule has 2 rings (SSSR count). The van der Waals surface area contributed by atoms with Crippen LogP contribution in [-0.2, 0) is 0 Å². The molecule has 0 fully saturated rings. The fourth-order valence-corrected chi connectivity index (χ4v) is 1.39. The molecule has 1 aromatic carbocycles. The van der Waals surface area contributed by atoms with Crippen molar-refractivity contribution in [2.45, 2.75) is 0 Å². The molecule has 0 aliphatic carbocycles. The molecule has 0 spiro atoms. The molecule has 1 aromatic heterocycles. The van der Waals surface area contributed by atoms with Crippen LogP contribution in [0.25, 0.3) is 17.0 Å². The topological polar surface area (TPSA) is 39.6 Å². The Morgan fingerprint density at radius 2 is 2.29 bits per heavy atom. The number of allylic oxidation sites excluding steroid dienone is 1. The number of nitriles is 1. The molecule has 1 N–H and O–H groups in total. The van der Waals surface area contributed by atoms with Crippen LogP contribution >= 0.6 is 0 Å². The van der Waals surface area contributed by atoms with Crippen LogP contribution < -0.4 is 0 Å². The van der Waals surface area contributed by atoms with E-state index in [4.69, 9.17) is 5.26 Å². The van der Waals surface area contributed by atoms with Gasteiger partial charge in [-0.2, -0.15) is 5.26 Å². The van der Waals surface area contributed by atoms with Crippen molar-refractivity contribution in [3.63, 3.8) is 0 Å². The first-order valence-corrected chi connectivity index (χ1v) is 4.14. The fourth-order valence-electron chi connectivity index (χ4n) is 1.39. The Balaban J connectivity index is 2.59. The lowest BCUT2D eigenvalue weighted by Gasteiger charge is -1.91. The first-order valence-electron chi connectivity index (χ1n) is 4.14. The lowest BCUT2D eigenvalue weighted by Crippen LogP contribution is -1.73. The smallest absolute Gasteiger partial charge is 0.125 e. The molecule has 0 bridgehead atoms. The van der Waals surface area contributed by atoms with E-state index in [1.54, 1.807) is 18.3 Å². The molecule has 0 radical (unpaired) electrons. The van der Waals surface area contributed by atoms with Crippen molar-refractivity contribution in [2.24, 2.45) is 0 Å². The van der Waals surface area contributed by atoms with Gasteiger partial charge in [-0.3, -0.25) is 0 Å². The van der Waals surface area contributed by atoms with Crippen molar-refractivity contribution in [2.75, 3.05) is 0 Å². The largest absolute Gasteiger partial charge is 0.360 e. The van der Waals surface area contributed by atoms with Crippen molar-refractivity contribution in [1.29, 1.82) is 5.26 Å². The number of rotatable bonds is 1. The minimum Gasteiger partial charge on any atom is -0.360 e. The molecular formula is C11H7FN2. The van der Waals surface area contributed by atoms with Gasteiger partial charge in [-0.05, 0) is 24.3 Å². The van der Waals surface area contributed by atoms with E-state index in [0.29, 0.717) is 0 Å². The van der Waals surface area contributed by atoms with Gasteiger partial charge in [0.25, 0.3) is 0 Å². The minimum absolute atomic E-state index is 0.268. The second-order valence-corrected chi connectivity index (χ2v) is 2.90. The molecule has 0 saturated heterocycles. The Kier molecular flexibility index (Phi) is 2.04. The summed E-state index contributed by atoms with van der Waals surface area (Å²) in [5.74, 6) is -0.268. The Hall–Kier alpha value is -2.08. The Morgan fingerprint density at radius 1 is 1.43 bits per heavy atom. The first-order chi connectivity index (χ1) is 6.81. The van der Waals surface area contributed by atoms with Crippen molar-refractivity contribution in [3.05, 3.63) is 41.9 Å². The summed E-state index contributed by atoms with van der Waals surface area (Å²) >= 11 is 0. The van der Waals surface area contributed by atoms with Crippen LogP contribution in [0, 0.1) is 17.1 Å². The van der Waals surface area contributed by atoms with Gasteiger partial charge in [0.15, 0.2) is 0 Å². The summed E-state index contributed by atoms with van der Waals surface area (Å²) in [6.45, 7) is 0. The molecule has 0 aliphatic heterocycles. The Labute approximate surface area is 80.3 Å². The summed E-state index contributed by atoms with van der Waals surface area (Å²) in [7, 11) is 0. The number of benzene rings is 1. The van der Waals surface area contributed by atoms with Crippen molar-refractivity contribution in [1.82, 2.24) is 4.98 Å². The maximum absolute atomic E-state index is 12.8. The highest BCUT2D eigenvalue weighted by atomic mass is 19.1. The summed E-state index contributed by atoms with van der Waals surface area (Å²) in [4.78, 5) is 2.94. The van der Waals surface area contributed by atoms with E-state index < -0.39 is 0 Å². The molecule has 0 saturated carbocycles. The third kappa shape index (κ3) is 1.38. The summed E-state index contributed by atoms with van der Waals surface area (Å²) in [5.41, 5.74) is 1.63. The van der Waals surface area contributed by atoms with Crippen LogP contribution in [0.15, 0.2) is 30.5 Å². The molecule has 2 nitrogen and oxygen atoms in total. The van der Waals surface area contributed by atoms with Crippen LogP contribution in [0.4, 0.5) is 4.39 Å². The predicted octanol–water partition coefficient (Wildman–Crippen LogP) is 2.84. The average Bonchev–Trinajstić information content (AvgIpc) is 2.57. The van der Waals surface area contributed by atoms with Gasteiger partial charge in [0.2, 0.25) is 0 Å². The van der Waals surface area contributed by atoms with Gasteiger partial charge in [0.1, 0.15) is 5.82 Å². The Morgan fingerprint density at radius 3 is 3.07 bits per heavy atom. The van der Waals surface area contributed by atoms with Crippen molar-refractivity contribution < 1.29 is 4.39 Å². The van der Waals surface area contributed by atoms with Gasteiger partial charge >= 0.3 is 0 Å². The van der Waals surface area contributed by atoms with Crippen LogP contribution in [0.2, 0.25) is 0 Å². The van der Waals surface area contributed by atoms with Crippen LogP contribution in [-0.4, -0.2) is 4.98 Å². The van der Waals surface area contributed by atoms with Crippen molar-refractivity contribution in [3.8, 4) is 6.07 Å². The molecule has 0 unspecified atom stereocenters. The minimum atomic E-state index is -0.268. The van der Waals surface area contributed by atoms with E-state index in [1.165, 1.54) is 18.2 Å². The molecule has 0 amide bonds. The van der Waals surface area contributed by atoms with Crippen LogP contribution in [0.1, 0.15) is 5.56 Å². The van der Waals surface area contributed by atoms with Gasteiger partial charge < -0.3 is 4.98 Å². The average molecular weight is 186 g/mol. The van der Waals surface area contributed by atoms with Gasteiger partial charge in [0, 0.05) is 28.7 Å². The zero-order valence-corrected chi connectivity index (χ0v) is 7.29. The zero-order valence-electron chi connectivity index (χ0n) is 7.29. The lowest BCUT2D eigenvalue weighted by atomic mass is 10.1. The molecule has 68 valence electrons. The van der Waals surface area contributed by atoms with Gasteiger partial charge in [-0.25, -0.2) is 4.39 Å². The Bertz CT molecular complexity index is 532. The number of hydrogen-bond acceptors (Lipinski definition) is 1. The van der Waals surface area contributed by atoms with Gasteiger partial charge in [-0.1, -0.05) is 0 Å². The number of halogens is 1. The molecule has 2 aromatic rings. The summed E-state index contributed by atoms with van der Waals surface area (Å²) < 4.78 is 12.8. The molecule has 14 heavy (non-hydrogen) atoms. The van der Waals surface area contributed by atoms with E-state index >= 15 is 0 Å². The summed E-state index contributed by atoms with van der Waals surface area (Å²) in [5, 5.41) is 9.29. The third-order valence-corrected chi connectivity index (χ3v) is 2.01. The SMILES string of the molecule is N#C/C=C/c1c[nH]c2cc(F)ccc12. The highest BCUT2D eigenvalue weighted by molar-refractivity contribution is 5.89. The second-order valence-electron chi connectivity index (χ2n) is 2.90. The first kappa shape index (κ1) is 8.52. The van der Waals surface area contributed by atoms with Crippen molar-refractivity contribution >= 4 is 17.0 Å². The van der Waals surface area contributed by atoms with E-state index in [-0.39, 0.29) is 5.82 Å². The van der Waals surface area contributed by atoms with Gasteiger partial charge in [-0.15, -0.1) is 0 Å². The molecule has 1 heterocycles. The zero-order chi connectivity index (χ0) is 9.97. The lowest BCUT2D eigenvalue weighted by molar-refractivity contribution is 0.629. The van der Waals surface area contributed by atoms with Crippen LogP contribution in [0.5, 0.6) is 0 Å².